The van der Waals surface area contributed by atoms with Gasteiger partial charge in [0.15, 0.2) is 5.75 Å². The first-order chi connectivity index (χ1) is 9.63. The normalized spacial score (nSPS) is 12.7. The number of halogens is 1. The molecule has 2 heterocycles. The van der Waals surface area contributed by atoms with Crippen molar-refractivity contribution in [1.82, 2.24) is 15.1 Å². The third-order valence-electron chi connectivity index (χ3n) is 3.25. The molecule has 0 saturated heterocycles. The van der Waals surface area contributed by atoms with E-state index in [0.717, 1.165) is 39.9 Å². The molecule has 20 heavy (non-hydrogen) atoms. The molecule has 0 spiro atoms. The lowest BCUT2D eigenvalue weighted by atomic mass is 10.1. The summed E-state index contributed by atoms with van der Waals surface area (Å²) in [5, 5.41) is 10.7. The highest BCUT2D eigenvalue weighted by atomic mass is 35.5. The lowest BCUT2D eigenvalue weighted by Gasteiger charge is -2.18. The maximum Gasteiger partial charge on any atom is 0.161 e. The Hall–Kier alpha value is -1.04. The van der Waals surface area contributed by atoms with E-state index in [1.807, 2.05) is 18.7 Å². The molecule has 2 aromatic rings. The second-order valence-electron chi connectivity index (χ2n) is 4.64. The maximum atomic E-state index is 6.42. The Balaban J connectivity index is 2.50. The van der Waals surface area contributed by atoms with E-state index in [2.05, 4.69) is 22.7 Å². The van der Waals surface area contributed by atoms with Gasteiger partial charge in [0.25, 0.3) is 0 Å². The summed E-state index contributed by atoms with van der Waals surface area (Å²) in [6.07, 6.45) is 2.79. The van der Waals surface area contributed by atoms with E-state index in [9.17, 15) is 0 Å². The van der Waals surface area contributed by atoms with Crippen molar-refractivity contribution in [1.29, 1.82) is 0 Å². The second kappa shape index (κ2) is 6.61. The van der Waals surface area contributed by atoms with E-state index in [-0.39, 0.29) is 6.04 Å². The SMILES string of the molecule is CCCn1ncc(OC)c1C(NC)c1scc(C)c1Cl. The summed E-state index contributed by atoms with van der Waals surface area (Å²) >= 11 is 8.09. The van der Waals surface area contributed by atoms with Crippen LogP contribution in [0.1, 0.15) is 35.5 Å². The Bertz CT molecular complexity index is 579. The van der Waals surface area contributed by atoms with Gasteiger partial charge in [0.05, 0.1) is 24.4 Å². The minimum Gasteiger partial charge on any atom is -0.493 e. The predicted octanol–water partition coefficient (Wildman–Crippen LogP) is 3.63. The smallest absolute Gasteiger partial charge is 0.161 e. The van der Waals surface area contributed by atoms with Crippen LogP contribution < -0.4 is 10.1 Å². The van der Waals surface area contributed by atoms with Crippen molar-refractivity contribution in [2.24, 2.45) is 0 Å². The van der Waals surface area contributed by atoms with E-state index in [1.165, 1.54) is 0 Å². The van der Waals surface area contributed by atoms with Crippen LogP contribution in [-0.4, -0.2) is 23.9 Å². The van der Waals surface area contributed by atoms with Gasteiger partial charge in [-0.15, -0.1) is 11.3 Å². The van der Waals surface area contributed by atoms with Crippen molar-refractivity contribution < 1.29 is 4.74 Å². The molecule has 0 fully saturated rings. The molecule has 1 unspecified atom stereocenters. The van der Waals surface area contributed by atoms with Crippen LogP contribution in [0.2, 0.25) is 5.02 Å². The number of nitrogens with zero attached hydrogens (tertiary/aromatic N) is 2. The third kappa shape index (κ3) is 2.71. The number of hydrogen-bond donors (Lipinski definition) is 1. The van der Waals surface area contributed by atoms with Crippen LogP contribution in [0, 0.1) is 6.92 Å². The fourth-order valence-electron chi connectivity index (χ4n) is 2.25. The molecule has 2 aromatic heterocycles. The summed E-state index contributed by atoms with van der Waals surface area (Å²) in [5.74, 6) is 0.792. The number of ether oxygens (including phenoxy) is 1. The summed E-state index contributed by atoms with van der Waals surface area (Å²) in [7, 11) is 3.60. The summed E-state index contributed by atoms with van der Waals surface area (Å²) in [6, 6.07) is -0.00907. The molecule has 0 aliphatic rings. The topological polar surface area (TPSA) is 39.1 Å². The first-order valence-corrected chi connectivity index (χ1v) is 7.90. The molecule has 0 aliphatic heterocycles. The first kappa shape index (κ1) is 15.4. The molecule has 0 amide bonds. The van der Waals surface area contributed by atoms with Crippen LogP contribution in [-0.2, 0) is 6.54 Å². The summed E-state index contributed by atoms with van der Waals surface area (Å²) < 4.78 is 7.45. The predicted molar refractivity (Wildman–Crippen MR) is 84.0 cm³/mol. The molecule has 0 saturated carbocycles. The van der Waals surface area contributed by atoms with Gasteiger partial charge in [0.2, 0.25) is 0 Å². The van der Waals surface area contributed by atoms with Crippen molar-refractivity contribution in [2.45, 2.75) is 32.9 Å². The average molecular weight is 314 g/mol. The van der Waals surface area contributed by atoms with Crippen molar-refractivity contribution >= 4 is 22.9 Å². The Labute approximate surface area is 128 Å². The lowest BCUT2D eigenvalue weighted by molar-refractivity contribution is 0.400. The molecule has 0 radical (unpaired) electrons. The number of hydrogen-bond acceptors (Lipinski definition) is 4. The van der Waals surface area contributed by atoms with Gasteiger partial charge in [0, 0.05) is 11.4 Å². The third-order valence-corrected chi connectivity index (χ3v) is 5.03. The van der Waals surface area contributed by atoms with Gasteiger partial charge in [0.1, 0.15) is 5.69 Å². The lowest BCUT2D eigenvalue weighted by Crippen LogP contribution is -2.21. The summed E-state index contributed by atoms with van der Waals surface area (Å²) in [4.78, 5) is 1.10. The Kier molecular flexibility index (Phi) is 5.07. The van der Waals surface area contributed by atoms with Crippen molar-refractivity contribution in [2.75, 3.05) is 14.2 Å². The van der Waals surface area contributed by atoms with Crippen molar-refractivity contribution in [3.8, 4) is 5.75 Å². The van der Waals surface area contributed by atoms with Crippen LogP contribution in [0.15, 0.2) is 11.6 Å². The number of aromatic nitrogens is 2. The highest BCUT2D eigenvalue weighted by molar-refractivity contribution is 7.10. The van der Waals surface area contributed by atoms with Crippen molar-refractivity contribution in [3.63, 3.8) is 0 Å². The molecule has 0 aromatic carbocycles. The number of aryl methyl sites for hydroxylation is 2. The largest absolute Gasteiger partial charge is 0.493 e. The van der Waals surface area contributed by atoms with Gasteiger partial charge in [-0.1, -0.05) is 18.5 Å². The zero-order valence-electron chi connectivity index (χ0n) is 12.2. The molecule has 1 N–H and O–H groups in total. The Morgan fingerprint density at radius 3 is 2.80 bits per heavy atom. The van der Waals surface area contributed by atoms with Crippen LogP contribution in [0.25, 0.3) is 0 Å². The van der Waals surface area contributed by atoms with E-state index >= 15 is 0 Å². The highest BCUT2D eigenvalue weighted by Gasteiger charge is 2.25. The van der Waals surface area contributed by atoms with E-state index < -0.39 is 0 Å². The highest BCUT2D eigenvalue weighted by Crippen LogP contribution is 2.38. The average Bonchev–Trinajstić information content (AvgIpc) is 2.99. The molecular weight excluding hydrogens is 294 g/mol. The van der Waals surface area contributed by atoms with Crippen LogP contribution in [0.4, 0.5) is 0 Å². The van der Waals surface area contributed by atoms with Crippen LogP contribution in [0.3, 0.4) is 0 Å². The maximum absolute atomic E-state index is 6.42. The molecule has 4 nitrogen and oxygen atoms in total. The number of thiophene rings is 1. The minimum absolute atomic E-state index is 0.00907. The fourth-order valence-corrected chi connectivity index (χ4v) is 3.67. The number of rotatable bonds is 6. The van der Waals surface area contributed by atoms with Gasteiger partial charge in [-0.25, -0.2) is 0 Å². The second-order valence-corrected chi connectivity index (χ2v) is 5.93. The molecule has 110 valence electrons. The molecule has 0 bridgehead atoms. The van der Waals surface area contributed by atoms with E-state index in [0.29, 0.717) is 0 Å². The summed E-state index contributed by atoms with van der Waals surface area (Å²) in [5.41, 5.74) is 2.13. The first-order valence-electron chi connectivity index (χ1n) is 6.64. The van der Waals surface area contributed by atoms with Gasteiger partial charge in [-0.3, -0.25) is 4.68 Å². The van der Waals surface area contributed by atoms with Gasteiger partial charge >= 0.3 is 0 Å². The molecule has 2 rings (SSSR count). The van der Waals surface area contributed by atoms with Crippen LogP contribution >= 0.6 is 22.9 Å². The van der Waals surface area contributed by atoms with Gasteiger partial charge < -0.3 is 10.1 Å². The molecule has 6 heteroatoms. The van der Waals surface area contributed by atoms with Crippen LogP contribution in [0.5, 0.6) is 5.75 Å². The standard InChI is InChI=1S/C14H20ClN3OS/c1-5-6-18-13(10(19-4)7-17-18)12(16-3)14-11(15)9(2)8-20-14/h7-8,12,16H,5-6H2,1-4H3. The van der Waals surface area contributed by atoms with E-state index in [1.54, 1.807) is 24.6 Å². The van der Waals surface area contributed by atoms with E-state index in [4.69, 9.17) is 16.3 Å². The zero-order valence-corrected chi connectivity index (χ0v) is 13.8. The van der Waals surface area contributed by atoms with Gasteiger partial charge in [-0.2, -0.15) is 5.10 Å². The molecular formula is C14H20ClN3OS. The number of nitrogens with one attached hydrogen (secondary N) is 1. The Morgan fingerprint density at radius 2 is 2.30 bits per heavy atom. The Morgan fingerprint density at radius 1 is 1.55 bits per heavy atom. The zero-order chi connectivity index (χ0) is 14.7. The molecule has 1 atom stereocenters. The van der Waals surface area contributed by atoms with Crippen molar-refractivity contribution in [3.05, 3.63) is 32.7 Å². The fraction of sp³-hybridized carbons (Fsp3) is 0.500. The van der Waals surface area contributed by atoms with Gasteiger partial charge in [-0.05, 0) is 31.3 Å². The summed E-state index contributed by atoms with van der Waals surface area (Å²) in [6.45, 7) is 5.02. The quantitative estimate of drug-likeness (QED) is 0.885. The number of methoxy groups -OCH3 is 1. The monoisotopic (exact) mass is 313 g/mol. The minimum atomic E-state index is -0.00907. The molecule has 0 aliphatic carbocycles.